The lowest BCUT2D eigenvalue weighted by Crippen LogP contribution is -2.30. The van der Waals surface area contributed by atoms with Crippen molar-refractivity contribution in [1.82, 2.24) is 10.0 Å². The van der Waals surface area contributed by atoms with E-state index in [-0.39, 0.29) is 9.92 Å². The second kappa shape index (κ2) is 6.17. The fraction of sp³-hybridized carbons (Fsp3) is 0.500. The Morgan fingerprint density at radius 3 is 2.89 bits per heavy atom. The van der Waals surface area contributed by atoms with Crippen LogP contribution >= 0.6 is 11.6 Å². The minimum Gasteiger partial charge on any atom is -0.314 e. The SMILES string of the molecule is O=S(=O)(NCCC1CCCN1)c1ccc(F)c(Cl)c1. The van der Waals surface area contributed by atoms with Gasteiger partial charge in [-0.3, -0.25) is 0 Å². The van der Waals surface area contributed by atoms with E-state index in [1.807, 2.05) is 0 Å². The Hall–Kier alpha value is -0.690. The van der Waals surface area contributed by atoms with E-state index in [0.29, 0.717) is 12.6 Å². The molecular weight excluding hydrogens is 291 g/mol. The molecule has 1 aromatic carbocycles. The zero-order valence-corrected chi connectivity index (χ0v) is 11.9. The molecule has 0 bridgehead atoms. The van der Waals surface area contributed by atoms with Crippen molar-refractivity contribution in [3.05, 3.63) is 29.0 Å². The van der Waals surface area contributed by atoms with Crippen molar-refractivity contribution >= 4 is 21.6 Å². The second-order valence-electron chi connectivity index (χ2n) is 4.56. The molecule has 1 aliphatic heterocycles. The van der Waals surface area contributed by atoms with Crippen LogP contribution in [0.15, 0.2) is 23.1 Å². The van der Waals surface area contributed by atoms with Crippen LogP contribution in [0.2, 0.25) is 5.02 Å². The maximum Gasteiger partial charge on any atom is 0.240 e. The molecule has 0 radical (unpaired) electrons. The van der Waals surface area contributed by atoms with Crippen LogP contribution in [0, 0.1) is 5.82 Å². The Balaban J connectivity index is 1.95. The maximum atomic E-state index is 13.0. The van der Waals surface area contributed by atoms with Crippen LogP contribution in [0.4, 0.5) is 4.39 Å². The van der Waals surface area contributed by atoms with E-state index >= 15 is 0 Å². The first kappa shape index (κ1) is 14.7. The van der Waals surface area contributed by atoms with E-state index < -0.39 is 15.8 Å². The summed E-state index contributed by atoms with van der Waals surface area (Å²) >= 11 is 5.58. The number of nitrogens with one attached hydrogen (secondary N) is 2. The molecule has 1 aromatic rings. The van der Waals surface area contributed by atoms with Gasteiger partial charge < -0.3 is 5.32 Å². The van der Waals surface area contributed by atoms with Crippen LogP contribution in [-0.2, 0) is 10.0 Å². The highest BCUT2D eigenvalue weighted by Gasteiger charge is 2.18. The van der Waals surface area contributed by atoms with Gasteiger partial charge in [0.25, 0.3) is 0 Å². The molecular formula is C12H16ClFN2O2S. The third kappa shape index (κ3) is 3.89. The predicted molar refractivity (Wildman–Crippen MR) is 72.2 cm³/mol. The number of rotatable bonds is 5. The van der Waals surface area contributed by atoms with Crippen molar-refractivity contribution in [2.75, 3.05) is 13.1 Å². The van der Waals surface area contributed by atoms with Crippen molar-refractivity contribution in [2.24, 2.45) is 0 Å². The Bertz CT molecular complexity index is 545. The lowest BCUT2D eigenvalue weighted by molar-refractivity contribution is 0.539. The molecule has 1 atom stereocenters. The van der Waals surface area contributed by atoms with Crippen molar-refractivity contribution in [3.8, 4) is 0 Å². The summed E-state index contributed by atoms with van der Waals surface area (Å²) < 4.78 is 39.4. The van der Waals surface area contributed by atoms with Crippen molar-refractivity contribution < 1.29 is 12.8 Å². The molecule has 1 fully saturated rings. The van der Waals surface area contributed by atoms with Gasteiger partial charge in [-0.2, -0.15) is 0 Å². The third-order valence-electron chi connectivity index (χ3n) is 3.15. The summed E-state index contributed by atoms with van der Waals surface area (Å²) in [6.45, 7) is 1.35. The zero-order chi connectivity index (χ0) is 13.9. The standard InChI is InChI=1S/C12H16ClFN2O2S/c13-11-8-10(3-4-12(11)14)19(17,18)16-7-5-9-2-1-6-15-9/h3-4,8-9,15-16H,1-2,5-7H2. The molecule has 1 heterocycles. The lowest BCUT2D eigenvalue weighted by atomic mass is 10.2. The van der Waals surface area contributed by atoms with Gasteiger partial charge in [0.05, 0.1) is 9.92 Å². The van der Waals surface area contributed by atoms with Gasteiger partial charge in [0.2, 0.25) is 10.0 Å². The first-order valence-corrected chi connectivity index (χ1v) is 8.03. The first-order valence-electron chi connectivity index (χ1n) is 6.17. The minimum absolute atomic E-state index is 0.0155. The zero-order valence-electron chi connectivity index (χ0n) is 10.3. The summed E-state index contributed by atoms with van der Waals surface area (Å²) in [6, 6.07) is 3.75. The summed E-state index contributed by atoms with van der Waals surface area (Å²) in [4.78, 5) is -0.0155. The van der Waals surface area contributed by atoms with Gasteiger partial charge in [-0.25, -0.2) is 17.5 Å². The number of hydrogen-bond donors (Lipinski definition) is 2. The summed E-state index contributed by atoms with van der Waals surface area (Å²) in [5, 5.41) is 3.10. The molecule has 2 N–H and O–H groups in total. The van der Waals surface area contributed by atoms with E-state index in [1.165, 1.54) is 6.07 Å². The quantitative estimate of drug-likeness (QED) is 0.873. The van der Waals surface area contributed by atoms with E-state index in [4.69, 9.17) is 11.6 Å². The first-order chi connectivity index (χ1) is 8.99. The maximum absolute atomic E-state index is 13.0. The monoisotopic (exact) mass is 306 g/mol. The van der Waals surface area contributed by atoms with Crippen LogP contribution < -0.4 is 10.0 Å². The van der Waals surface area contributed by atoms with Gasteiger partial charge in [0.1, 0.15) is 5.82 Å². The topological polar surface area (TPSA) is 58.2 Å². The third-order valence-corrected chi connectivity index (χ3v) is 4.90. The highest BCUT2D eigenvalue weighted by Crippen LogP contribution is 2.19. The molecule has 7 heteroatoms. The Morgan fingerprint density at radius 1 is 1.47 bits per heavy atom. The molecule has 0 spiro atoms. The van der Waals surface area contributed by atoms with E-state index in [2.05, 4.69) is 10.0 Å². The number of halogens is 2. The highest BCUT2D eigenvalue weighted by atomic mass is 35.5. The van der Waals surface area contributed by atoms with Gasteiger partial charge in [0.15, 0.2) is 0 Å². The Kier molecular flexibility index (Phi) is 4.78. The Morgan fingerprint density at radius 2 is 2.26 bits per heavy atom. The molecule has 0 aromatic heterocycles. The Labute approximate surface area is 117 Å². The van der Waals surface area contributed by atoms with E-state index in [0.717, 1.165) is 37.9 Å². The summed E-state index contributed by atoms with van der Waals surface area (Å²) in [5.74, 6) is -0.629. The van der Waals surface area contributed by atoms with Crippen LogP contribution in [0.1, 0.15) is 19.3 Å². The van der Waals surface area contributed by atoms with E-state index in [1.54, 1.807) is 0 Å². The fourth-order valence-corrected chi connectivity index (χ4v) is 3.42. The second-order valence-corrected chi connectivity index (χ2v) is 6.73. The largest absolute Gasteiger partial charge is 0.314 e. The molecule has 0 aliphatic carbocycles. The lowest BCUT2D eigenvalue weighted by Gasteiger charge is -2.11. The van der Waals surface area contributed by atoms with Crippen molar-refractivity contribution in [2.45, 2.75) is 30.2 Å². The average molecular weight is 307 g/mol. The van der Waals surface area contributed by atoms with Gasteiger partial charge >= 0.3 is 0 Å². The molecule has 0 saturated carbocycles. The van der Waals surface area contributed by atoms with Crippen LogP contribution in [0.5, 0.6) is 0 Å². The molecule has 1 saturated heterocycles. The van der Waals surface area contributed by atoms with Crippen LogP contribution in [0.3, 0.4) is 0 Å². The number of benzene rings is 1. The normalized spacial score (nSPS) is 19.8. The van der Waals surface area contributed by atoms with Gasteiger partial charge in [0, 0.05) is 12.6 Å². The van der Waals surface area contributed by atoms with E-state index in [9.17, 15) is 12.8 Å². The molecule has 1 aliphatic rings. The number of hydrogen-bond acceptors (Lipinski definition) is 3. The van der Waals surface area contributed by atoms with Crippen LogP contribution in [-0.4, -0.2) is 27.5 Å². The van der Waals surface area contributed by atoms with Crippen LogP contribution in [0.25, 0.3) is 0 Å². The molecule has 106 valence electrons. The van der Waals surface area contributed by atoms with Crippen molar-refractivity contribution in [3.63, 3.8) is 0 Å². The van der Waals surface area contributed by atoms with Gasteiger partial charge in [-0.05, 0) is 44.0 Å². The summed E-state index contributed by atoms with van der Waals surface area (Å²) in [5.41, 5.74) is 0. The average Bonchev–Trinajstić information content (AvgIpc) is 2.85. The number of sulfonamides is 1. The highest BCUT2D eigenvalue weighted by molar-refractivity contribution is 7.89. The van der Waals surface area contributed by atoms with Gasteiger partial charge in [-0.1, -0.05) is 11.6 Å². The van der Waals surface area contributed by atoms with Gasteiger partial charge in [-0.15, -0.1) is 0 Å². The fourth-order valence-electron chi connectivity index (χ4n) is 2.10. The van der Waals surface area contributed by atoms with Crippen molar-refractivity contribution in [1.29, 1.82) is 0 Å². The smallest absolute Gasteiger partial charge is 0.240 e. The summed E-state index contributed by atoms with van der Waals surface area (Å²) in [7, 11) is -3.62. The molecule has 0 amide bonds. The molecule has 1 unspecified atom stereocenters. The molecule has 2 rings (SSSR count). The molecule has 19 heavy (non-hydrogen) atoms. The minimum atomic E-state index is -3.62. The molecule has 4 nitrogen and oxygen atoms in total. The summed E-state index contributed by atoms with van der Waals surface area (Å²) in [6.07, 6.45) is 2.95. The predicted octanol–water partition coefficient (Wildman–Crippen LogP) is 1.90.